The Morgan fingerprint density at radius 3 is 2.88 bits per heavy atom. The first-order valence-corrected chi connectivity index (χ1v) is 5.27. The van der Waals surface area contributed by atoms with E-state index in [2.05, 4.69) is 5.32 Å². The summed E-state index contributed by atoms with van der Waals surface area (Å²) < 4.78 is 10.3. The number of ether oxygens (including phenoxy) is 1. The fraction of sp³-hybridized carbons (Fsp3) is 0.167. The number of hydrogen-bond acceptors (Lipinski definition) is 3. The second-order valence-corrected chi connectivity index (χ2v) is 3.69. The van der Waals surface area contributed by atoms with E-state index >= 15 is 0 Å². The van der Waals surface area contributed by atoms with Crippen LogP contribution >= 0.6 is 11.6 Å². The van der Waals surface area contributed by atoms with Gasteiger partial charge in [0.15, 0.2) is 0 Å². The van der Waals surface area contributed by atoms with Crippen molar-refractivity contribution in [2.45, 2.75) is 6.54 Å². The number of halogens is 1. The third-order valence-electron chi connectivity index (χ3n) is 2.21. The van der Waals surface area contributed by atoms with Crippen molar-refractivity contribution in [3.05, 3.63) is 47.4 Å². The highest BCUT2D eigenvalue weighted by Gasteiger charge is 2.02. The molecule has 1 heterocycles. The SMILES string of the molecule is COc1ccc(NCc2ccco2)c(Cl)c1. The predicted octanol–water partition coefficient (Wildman–Crippen LogP) is 3.55. The van der Waals surface area contributed by atoms with E-state index in [0.29, 0.717) is 11.6 Å². The van der Waals surface area contributed by atoms with Crippen LogP contribution in [0.2, 0.25) is 5.02 Å². The zero-order chi connectivity index (χ0) is 11.4. The molecular formula is C12H12ClNO2. The van der Waals surface area contributed by atoms with E-state index < -0.39 is 0 Å². The van der Waals surface area contributed by atoms with E-state index in [9.17, 15) is 0 Å². The zero-order valence-corrected chi connectivity index (χ0v) is 9.62. The van der Waals surface area contributed by atoms with E-state index in [4.69, 9.17) is 20.8 Å². The highest BCUT2D eigenvalue weighted by atomic mass is 35.5. The molecule has 0 saturated heterocycles. The number of benzene rings is 1. The van der Waals surface area contributed by atoms with Crippen molar-refractivity contribution < 1.29 is 9.15 Å². The minimum Gasteiger partial charge on any atom is -0.497 e. The first-order valence-electron chi connectivity index (χ1n) is 4.89. The van der Waals surface area contributed by atoms with E-state index in [-0.39, 0.29) is 0 Å². The van der Waals surface area contributed by atoms with Crippen LogP contribution in [0, 0.1) is 0 Å². The lowest BCUT2D eigenvalue weighted by Gasteiger charge is -2.08. The Labute approximate surface area is 99.0 Å². The molecule has 0 spiro atoms. The zero-order valence-electron chi connectivity index (χ0n) is 8.87. The summed E-state index contributed by atoms with van der Waals surface area (Å²) in [5.74, 6) is 1.61. The highest BCUT2D eigenvalue weighted by molar-refractivity contribution is 6.33. The molecule has 16 heavy (non-hydrogen) atoms. The number of hydrogen-bond donors (Lipinski definition) is 1. The molecule has 4 heteroatoms. The standard InChI is InChI=1S/C12H12ClNO2/c1-15-9-4-5-12(11(13)7-9)14-8-10-3-2-6-16-10/h2-7,14H,8H2,1H3. The minimum atomic E-state index is 0.610. The van der Waals surface area contributed by atoms with Crippen molar-refractivity contribution in [1.29, 1.82) is 0 Å². The van der Waals surface area contributed by atoms with Gasteiger partial charge in [-0.05, 0) is 24.3 Å². The van der Waals surface area contributed by atoms with E-state index in [1.54, 1.807) is 19.4 Å². The molecule has 0 atom stereocenters. The van der Waals surface area contributed by atoms with Gasteiger partial charge in [0.1, 0.15) is 11.5 Å². The summed E-state index contributed by atoms with van der Waals surface area (Å²) in [6.45, 7) is 0.610. The second kappa shape index (κ2) is 4.94. The van der Waals surface area contributed by atoms with Gasteiger partial charge in [0.05, 0.1) is 30.6 Å². The number of nitrogens with one attached hydrogen (secondary N) is 1. The molecule has 0 bridgehead atoms. The van der Waals surface area contributed by atoms with Crippen LogP contribution < -0.4 is 10.1 Å². The predicted molar refractivity (Wildman–Crippen MR) is 64.0 cm³/mol. The molecular weight excluding hydrogens is 226 g/mol. The van der Waals surface area contributed by atoms with Crippen LogP contribution in [-0.4, -0.2) is 7.11 Å². The molecule has 2 rings (SSSR count). The molecule has 1 N–H and O–H groups in total. The van der Waals surface area contributed by atoms with E-state index in [0.717, 1.165) is 17.2 Å². The second-order valence-electron chi connectivity index (χ2n) is 3.28. The monoisotopic (exact) mass is 237 g/mol. The minimum absolute atomic E-state index is 0.610. The van der Waals surface area contributed by atoms with Crippen LogP contribution in [0.5, 0.6) is 5.75 Å². The van der Waals surface area contributed by atoms with Crippen LogP contribution in [0.15, 0.2) is 41.0 Å². The topological polar surface area (TPSA) is 34.4 Å². The van der Waals surface area contributed by atoms with Crippen molar-refractivity contribution >= 4 is 17.3 Å². The van der Waals surface area contributed by atoms with Gasteiger partial charge in [-0.15, -0.1) is 0 Å². The fourth-order valence-corrected chi connectivity index (χ4v) is 1.60. The third kappa shape index (κ3) is 2.49. The molecule has 1 aromatic heterocycles. The van der Waals surface area contributed by atoms with Gasteiger partial charge in [0.2, 0.25) is 0 Å². The molecule has 84 valence electrons. The van der Waals surface area contributed by atoms with Crippen molar-refractivity contribution in [2.75, 3.05) is 12.4 Å². The molecule has 0 amide bonds. The average molecular weight is 238 g/mol. The summed E-state index contributed by atoms with van der Waals surface area (Å²) in [6, 6.07) is 9.27. The smallest absolute Gasteiger partial charge is 0.122 e. The van der Waals surface area contributed by atoms with Gasteiger partial charge in [-0.1, -0.05) is 11.6 Å². The summed E-state index contributed by atoms with van der Waals surface area (Å²) >= 11 is 6.08. The van der Waals surface area contributed by atoms with E-state index in [1.807, 2.05) is 24.3 Å². The quantitative estimate of drug-likeness (QED) is 0.883. The summed E-state index contributed by atoms with van der Waals surface area (Å²) in [7, 11) is 1.61. The first kappa shape index (κ1) is 10.9. The van der Waals surface area contributed by atoms with Crippen molar-refractivity contribution in [1.82, 2.24) is 0 Å². The van der Waals surface area contributed by atoms with Crippen molar-refractivity contribution in [3.8, 4) is 5.75 Å². The van der Waals surface area contributed by atoms with Gasteiger partial charge in [-0.2, -0.15) is 0 Å². The number of furan rings is 1. The van der Waals surface area contributed by atoms with Gasteiger partial charge in [-0.25, -0.2) is 0 Å². The Morgan fingerprint density at radius 2 is 2.25 bits per heavy atom. The van der Waals surface area contributed by atoms with Gasteiger partial charge >= 0.3 is 0 Å². The van der Waals surface area contributed by atoms with Crippen LogP contribution in [0.4, 0.5) is 5.69 Å². The molecule has 0 radical (unpaired) electrons. The molecule has 0 aliphatic carbocycles. The maximum atomic E-state index is 6.08. The number of anilines is 1. The first-order chi connectivity index (χ1) is 7.79. The maximum Gasteiger partial charge on any atom is 0.122 e. The lowest BCUT2D eigenvalue weighted by Crippen LogP contribution is -1.98. The number of rotatable bonds is 4. The van der Waals surface area contributed by atoms with Crippen molar-refractivity contribution in [2.24, 2.45) is 0 Å². The lowest BCUT2D eigenvalue weighted by atomic mass is 10.3. The summed E-state index contributed by atoms with van der Waals surface area (Å²) in [4.78, 5) is 0. The van der Waals surface area contributed by atoms with Gasteiger partial charge < -0.3 is 14.5 Å². The maximum absolute atomic E-state index is 6.08. The molecule has 0 saturated carbocycles. The number of methoxy groups -OCH3 is 1. The Hall–Kier alpha value is -1.61. The molecule has 0 fully saturated rings. The molecule has 0 aliphatic rings. The Balaban J connectivity index is 2.04. The van der Waals surface area contributed by atoms with Gasteiger partial charge in [0, 0.05) is 6.07 Å². The van der Waals surface area contributed by atoms with Crippen LogP contribution in [0.1, 0.15) is 5.76 Å². The van der Waals surface area contributed by atoms with Crippen molar-refractivity contribution in [3.63, 3.8) is 0 Å². The van der Waals surface area contributed by atoms with E-state index in [1.165, 1.54) is 0 Å². The molecule has 0 aliphatic heterocycles. The summed E-state index contributed by atoms with van der Waals surface area (Å²) in [6.07, 6.45) is 1.65. The third-order valence-corrected chi connectivity index (χ3v) is 2.52. The molecule has 2 aromatic rings. The van der Waals surface area contributed by atoms with Gasteiger partial charge in [-0.3, -0.25) is 0 Å². The normalized spacial score (nSPS) is 10.1. The van der Waals surface area contributed by atoms with Gasteiger partial charge in [0.25, 0.3) is 0 Å². The lowest BCUT2D eigenvalue weighted by molar-refractivity contribution is 0.415. The highest BCUT2D eigenvalue weighted by Crippen LogP contribution is 2.26. The Kier molecular flexibility index (Phi) is 3.37. The summed E-state index contributed by atoms with van der Waals surface area (Å²) in [5, 5.41) is 3.82. The Morgan fingerprint density at radius 1 is 1.38 bits per heavy atom. The molecule has 0 unspecified atom stereocenters. The Bertz CT molecular complexity index is 454. The molecule has 3 nitrogen and oxygen atoms in total. The summed E-state index contributed by atoms with van der Waals surface area (Å²) in [5.41, 5.74) is 0.860. The largest absolute Gasteiger partial charge is 0.497 e. The van der Waals surface area contributed by atoms with Crippen LogP contribution in [0.3, 0.4) is 0 Å². The van der Waals surface area contributed by atoms with Crippen LogP contribution in [0.25, 0.3) is 0 Å². The molecule has 1 aromatic carbocycles. The fourth-order valence-electron chi connectivity index (χ4n) is 1.36. The van der Waals surface area contributed by atoms with Crippen LogP contribution in [-0.2, 0) is 6.54 Å². The average Bonchev–Trinajstić information content (AvgIpc) is 2.80.